The molecule has 1 saturated heterocycles. The maximum Gasteiger partial charge on any atom is 0.282 e. The molecule has 1 saturated carbocycles. The molecule has 0 bridgehead atoms. The monoisotopic (exact) mass is 460 g/mol. The van der Waals surface area contributed by atoms with E-state index in [-0.39, 0.29) is 42.1 Å². The van der Waals surface area contributed by atoms with E-state index in [0.717, 1.165) is 12.8 Å². The molecule has 0 radical (unpaired) electrons. The molecule has 8 nitrogen and oxygen atoms in total. The highest BCUT2D eigenvalue weighted by Crippen LogP contribution is 2.41. The number of hydrogen-bond acceptors (Lipinski definition) is 5. The Morgan fingerprint density at radius 3 is 2.88 bits per heavy atom. The largest absolute Gasteiger partial charge is 0.368 e. The van der Waals surface area contributed by atoms with Gasteiger partial charge in [0.25, 0.3) is 6.43 Å². The number of carbonyl (C=O) groups excluding carboxylic acids is 1. The average molecular weight is 460 g/mol. The number of aryl methyl sites for hydroxylation is 1. The van der Waals surface area contributed by atoms with Gasteiger partial charge in [-0.05, 0) is 37.5 Å². The van der Waals surface area contributed by atoms with Crippen LogP contribution in [0.15, 0.2) is 30.5 Å². The zero-order valence-electron chi connectivity index (χ0n) is 18.0. The molecule has 1 atom stereocenters. The van der Waals surface area contributed by atoms with Gasteiger partial charge in [-0.3, -0.25) is 9.48 Å². The third-order valence-corrected chi connectivity index (χ3v) is 6.01. The average Bonchev–Trinajstić information content (AvgIpc) is 3.37. The number of benzene rings is 1. The Morgan fingerprint density at radius 1 is 1.30 bits per heavy atom. The minimum Gasteiger partial charge on any atom is -0.368 e. The van der Waals surface area contributed by atoms with E-state index in [1.165, 1.54) is 15.4 Å². The number of amides is 1. The van der Waals surface area contributed by atoms with Crippen LogP contribution in [0, 0.1) is 12.7 Å². The highest BCUT2D eigenvalue weighted by molar-refractivity contribution is 5.76. The van der Waals surface area contributed by atoms with E-state index >= 15 is 0 Å². The maximum atomic E-state index is 14.4. The molecule has 2 fully saturated rings. The molecule has 1 unspecified atom stereocenters. The van der Waals surface area contributed by atoms with Crippen molar-refractivity contribution >= 4 is 5.91 Å². The lowest BCUT2D eigenvalue weighted by Gasteiger charge is -2.32. The molecular weight excluding hydrogens is 437 g/mol. The fourth-order valence-electron chi connectivity index (χ4n) is 4.03. The first kappa shape index (κ1) is 21.6. The van der Waals surface area contributed by atoms with Crippen LogP contribution in [0.25, 0.3) is 5.69 Å². The highest BCUT2D eigenvalue weighted by atomic mass is 19.3. The molecule has 2 aliphatic rings. The third-order valence-electron chi connectivity index (χ3n) is 6.01. The summed E-state index contributed by atoms with van der Waals surface area (Å²) < 4.78 is 49.2. The number of carbonyl (C=O) groups is 1. The number of nitrogens with zero attached hydrogens (tertiary/aromatic N) is 6. The Morgan fingerprint density at radius 2 is 2.12 bits per heavy atom. The van der Waals surface area contributed by atoms with E-state index in [2.05, 4.69) is 15.4 Å². The second-order valence-corrected chi connectivity index (χ2v) is 8.42. The minimum atomic E-state index is -2.67. The molecule has 1 amide bonds. The Kier molecular flexibility index (Phi) is 5.65. The van der Waals surface area contributed by atoms with Crippen LogP contribution >= 0.6 is 0 Å². The van der Waals surface area contributed by atoms with Crippen molar-refractivity contribution < 1.29 is 22.7 Å². The van der Waals surface area contributed by atoms with Gasteiger partial charge in [0.2, 0.25) is 5.91 Å². The fraction of sp³-hybridized carbons (Fsp3) is 0.455. The molecule has 0 spiro atoms. The van der Waals surface area contributed by atoms with Gasteiger partial charge in [0, 0.05) is 18.2 Å². The quantitative estimate of drug-likeness (QED) is 0.564. The molecule has 3 aromatic rings. The summed E-state index contributed by atoms with van der Waals surface area (Å²) in [7, 11) is 0. The Balaban J connectivity index is 1.29. The predicted molar refractivity (Wildman–Crippen MR) is 110 cm³/mol. The number of ether oxygens (including phenoxy) is 1. The second-order valence-electron chi connectivity index (χ2n) is 8.42. The highest BCUT2D eigenvalue weighted by Gasteiger charge is 2.32. The van der Waals surface area contributed by atoms with E-state index in [9.17, 15) is 18.0 Å². The van der Waals surface area contributed by atoms with Crippen molar-refractivity contribution in [3.05, 3.63) is 58.9 Å². The standard InChI is InChI=1S/C22H23F3N6O2/c1-13-3-2-4-17(21(13)23)31-10-16(26-28-31)19-11-29(7-8-33-19)20(32)12-30-18(14-5-6-14)9-15(27-30)22(24)25/h2-4,9-10,14,19,22H,5-8,11-12H2,1H3. The molecule has 174 valence electrons. The predicted octanol–water partition coefficient (Wildman–Crippen LogP) is 3.33. The molecular formula is C22H23F3N6O2. The maximum absolute atomic E-state index is 14.4. The van der Waals surface area contributed by atoms with Crippen LogP contribution in [0.3, 0.4) is 0 Å². The van der Waals surface area contributed by atoms with Crippen molar-refractivity contribution in [2.45, 2.75) is 44.8 Å². The van der Waals surface area contributed by atoms with Crippen LogP contribution in [-0.4, -0.2) is 55.3 Å². The normalized spacial score (nSPS) is 18.8. The van der Waals surface area contributed by atoms with Gasteiger partial charge in [0.15, 0.2) is 5.82 Å². The number of halogens is 3. The smallest absolute Gasteiger partial charge is 0.282 e. The van der Waals surface area contributed by atoms with E-state index in [0.29, 0.717) is 30.1 Å². The van der Waals surface area contributed by atoms with E-state index < -0.39 is 12.5 Å². The first-order valence-corrected chi connectivity index (χ1v) is 10.8. The van der Waals surface area contributed by atoms with Crippen molar-refractivity contribution in [1.82, 2.24) is 29.7 Å². The van der Waals surface area contributed by atoms with Crippen LogP contribution in [0.1, 0.15) is 53.9 Å². The van der Waals surface area contributed by atoms with Crippen LogP contribution in [0.5, 0.6) is 0 Å². The molecule has 1 aliphatic carbocycles. The molecule has 0 N–H and O–H groups in total. The Hall–Kier alpha value is -3.21. The summed E-state index contributed by atoms with van der Waals surface area (Å²) in [5, 5.41) is 12.1. The molecule has 3 heterocycles. The summed E-state index contributed by atoms with van der Waals surface area (Å²) in [6.45, 7) is 2.46. The van der Waals surface area contributed by atoms with E-state index in [4.69, 9.17) is 4.74 Å². The Labute approximate surface area is 187 Å². The van der Waals surface area contributed by atoms with Crippen molar-refractivity contribution in [2.24, 2.45) is 0 Å². The van der Waals surface area contributed by atoms with Gasteiger partial charge in [-0.25, -0.2) is 17.9 Å². The second kappa shape index (κ2) is 8.62. The summed E-state index contributed by atoms with van der Waals surface area (Å²) >= 11 is 0. The van der Waals surface area contributed by atoms with E-state index in [1.807, 2.05) is 0 Å². The lowest BCUT2D eigenvalue weighted by atomic mass is 10.2. The molecule has 1 aliphatic heterocycles. The zero-order valence-corrected chi connectivity index (χ0v) is 18.0. The number of aromatic nitrogens is 5. The van der Waals surface area contributed by atoms with Gasteiger partial charge in [-0.15, -0.1) is 5.10 Å². The topological polar surface area (TPSA) is 78.1 Å². The molecule has 5 rings (SSSR count). The van der Waals surface area contributed by atoms with Crippen LogP contribution in [0.2, 0.25) is 0 Å². The number of alkyl halides is 2. The summed E-state index contributed by atoms with van der Waals surface area (Å²) in [5.41, 5.74) is 1.63. The SMILES string of the molecule is Cc1cccc(-n2cc(C3CN(C(=O)Cn4nc(C(F)F)cc4C4CC4)CCO3)nn2)c1F. The molecule has 33 heavy (non-hydrogen) atoms. The van der Waals surface area contributed by atoms with Crippen molar-refractivity contribution in [3.8, 4) is 5.69 Å². The fourth-order valence-corrected chi connectivity index (χ4v) is 4.03. The zero-order chi connectivity index (χ0) is 23.1. The van der Waals surface area contributed by atoms with Crippen molar-refractivity contribution in [3.63, 3.8) is 0 Å². The molecule has 11 heteroatoms. The first-order chi connectivity index (χ1) is 15.9. The minimum absolute atomic E-state index is 0.105. The summed E-state index contributed by atoms with van der Waals surface area (Å²) in [6.07, 6.45) is 0.219. The van der Waals surface area contributed by atoms with Crippen molar-refractivity contribution in [1.29, 1.82) is 0 Å². The van der Waals surface area contributed by atoms with Gasteiger partial charge in [0.05, 0.1) is 19.3 Å². The lowest BCUT2D eigenvalue weighted by molar-refractivity contribution is -0.140. The van der Waals surface area contributed by atoms with Gasteiger partial charge in [-0.1, -0.05) is 17.3 Å². The summed E-state index contributed by atoms with van der Waals surface area (Å²) in [5.74, 6) is -0.428. The number of morpholine rings is 1. The Bertz CT molecular complexity index is 1170. The summed E-state index contributed by atoms with van der Waals surface area (Å²) in [4.78, 5) is 14.6. The van der Waals surface area contributed by atoms with Gasteiger partial charge in [-0.2, -0.15) is 5.10 Å². The number of rotatable bonds is 6. The number of hydrogen-bond donors (Lipinski definition) is 0. The van der Waals surface area contributed by atoms with Gasteiger partial charge >= 0.3 is 0 Å². The third kappa shape index (κ3) is 4.37. The van der Waals surface area contributed by atoms with Crippen LogP contribution < -0.4 is 0 Å². The van der Waals surface area contributed by atoms with Crippen molar-refractivity contribution in [2.75, 3.05) is 19.7 Å². The molecule has 1 aromatic carbocycles. The van der Waals surface area contributed by atoms with Gasteiger partial charge < -0.3 is 9.64 Å². The van der Waals surface area contributed by atoms with Crippen LogP contribution in [0.4, 0.5) is 13.2 Å². The van der Waals surface area contributed by atoms with Gasteiger partial charge in [0.1, 0.15) is 29.7 Å². The first-order valence-electron chi connectivity index (χ1n) is 10.8. The molecule has 2 aromatic heterocycles. The van der Waals surface area contributed by atoms with Crippen LogP contribution in [-0.2, 0) is 16.1 Å². The summed E-state index contributed by atoms with van der Waals surface area (Å²) in [6, 6.07) is 6.41. The lowest BCUT2D eigenvalue weighted by Crippen LogP contribution is -2.44. The van der Waals surface area contributed by atoms with E-state index in [1.54, 1.807) is 36.2 Å².